The van der Waals surface area contributed by atoms with Gasteiger partial charge in [0.05, 0.1) is 11.1 Å². The molecular weight excluding hydrogens is 424 g/mol. The largest absolute Gasteiger partial charge is 0.454 e. The number of nitrogens with zero attached hydrogens (tertiary/aromatic N) is 1. The minimum atomic E-state index is -0.446. The molecule has 0 fully saturated rings. The van der Waals surface area contributed by atoms with Gasteiger partial charge in [0.1, 0.15) is 0 Å². The molecule has 1 atom stereocenters. The Morgan fingerprint density at radius 2 is 1.82 bits per heavy atom. The van der Waals surface area contributed by atoms with Crippen LogP contribution >= 0.6 is 0 Å². The summed E-state index contributed by atoms with van der Waals surface area (Å²) in [5, 5.41) is 1.63. The van der Waals surface area contributed by atoms with Crippen molar-refractivity contribution in [3.05, 3.63) is 77.1 Å². The molecule has 0 saturated heterocycles. The summed E-state index contributed by atoms with van der Waals surface area (Å²) in [7, 11) is 0. The second-order valence-electron chi connectivity index (χ2n) is 9.96. The number of hydrogen-bond acceptors (Lipinski definition) is 4. The van der Waals surface area contributed by atoms with Gasteiger partial charge in [-0.1, -0.05) is 63.6 Å². The third-order valence-corrected chi connectivity index (χ3v) is 7.70. The number of aryl methyl sites for hydroxylation is 1. The number of benzene rings is 2. The third kappa shape index (κ3) is 3.89. The number of para-hydroxylation sites is 2. The maximum absolute atomic E-state index is 13.5. The van der Waals surface area contributed by atoms with E-state index in [2.05, 4.69) is 25.8 Å². The second-order valence-corrected chi connectivity index (χ2v) is 9.96. The lowest BCUT2D eigenvalue weighted by Gasteiger charge is -2.37. The fourth-order valence-corrected chi connectivity index (χ4v) is 5.16. The number of hydrogen-bond donors (Lipinski definition) is 1. The van der Waals surface area contributed by atoms with Crippen LogP contribution in [0.3, 0.4) is 0 Å². The monoisotopic (exact) mass is 454 g/mol. The summed E-state index contributed by atoms with van der Waals surface area (Å²) in [5.41, 5.74) is 4.94. The minimum absolute atomic E-state index is 0.176. The van der Waals surface area contributed by atoms with Crippen LogP contribution in [-0.2, 0) is 17.6 Å². The number of pyridine rings is 1. The van der Waals surface area contributed by atoms with Gasteiger partial charge in [0.2, 0.25) is 5.78 Å². The number of esters is 1. The molecule has 2 aromatic carbocycles. The lowest BCUT2D eigenvalue weighted by Crippen LogP contribution is -2.31. The molecule has 34 heavy (non-hydrogen) atoms. The Morgan fingerprint density at radius 1 is 1.09 bits per heavy atom. The zero-order chi connectivity index (χ0) is 23.9. The highest BCUT2D eigenvalue weighted by molar-refractivity contribution is 6.10. The van der Waals surface area contributed by atoms with E-state index >= 15 is 0 Å². The van der Waals surface area contributed by atoms with E-state index in [0.29, 0.717) is 17.0 Å². The highest BCUT2D eigenvalue weighted by Gasteiger charge is 2.34. The van der Waals surface area contributed by atoms with Crippen molar-refractivity contribution in [3.63, 3.8) is 0 Å². The van der Waals surface area contributed by atoms with Crippen LogP contribution < -0.4 is 0 Å². The molecule has 0 amide bonds. The van der Waals surface area contributed by atoms with E-state index in [1.807, 2.05) is 48.5 Å². The minimum Gasteiger partial charge on any atom is -0.454 e. The van der Waals surface area contributed by atoms with Crippen LogP contribution in [0.5, 0.6) is 0 Å². The van der Waals surface area contributed by atoms with E-state index in [-0.39, 0.29) is 17.8 Å². The predicted octanol–water partition coefficient (Wildman–Crippen LogP) is 6.30. The molecule has 5 nitrogen and oxygen atoms in total. The smallest absolute Gasteiger partial charge is 0.339 e. The standard InChI is InChI=1S/C29H30N2O3/c1-4-29(2,3)18-13-14-25-21(15-18)27(20-10-6-8-12-24(20)31-25)28(33)34-17-26(32)22-16-30-23-11-7-5-9-19(22)23/h5-12,16,18,30H,4,13-15,17H2,1-3H3/t18-/m1/s1. The van der Waals surface area contributed by atoms with Gasteiger partial charge in [-0.05, 0) is 48.3 Å². The van der Waals surface area contributed by atoms with E-state index < -0.39 is 5.97 Å². The van der Waals surface area contributed by atoms with Crippen LogP contribution in [-0.4, -0.2) is 28.3 Å². The molecule has 5 heteroatoms. The van der Waals surface area contributed by atoms with Gasteiger partial charge in [0.15, 0.2) is 6.61 Å². The maximum Gasteiger partial charge on any atom is 0.339 e. The van der Waals surface area contributed by atoms with Crippen molar-refractivity contribution in [2.24, 2.45) is 11.3 Å². The first-order chi connectivity index (χ1) is 16.4. The molecule has 0 bridgehead atoms. The highest BCUT2D eigenvalue weighted by Crippen LogP contribution is 2.41. The van der Waals surface area contributed by atoms with E-state index in [1.54, 1.807) is 6.20 Å². The number of nitrogens with one attached hydrogen (secondary N) is 1. The fraction of sp³-hybridized carbons (Fsp3) is 0.345. The van der Waals surface area contributed by atoms with Crippen molar-refractivity contribution in [3.8, 4) is 0 Å². The summed E-state index contributed by atoms with van der Waals surface area (Å²) in [6.45, 7) is 6.53. The molecule has 0 saturated carbocycles. The maximum atomic E-state index is 13.5. The number of fused-ring (bicyclic) bond motifs is 3. The van der Waals surface area contributed by atoms with Crippen molar-refractivity contribution in [2.75, 3.05) is 6.61 Å². The van der Waals surface area contributed by atoms with Crippen LogP contribution in [0.15, 0.2) is 54.7 Å². The van der Waals surface area contributed by atoms with Gasteiger partial charge < -0.3 is 9.72 Å². The molecule has 1 aliphatic carbocycles. The number of ether oxygens (including phenoxy) is 1. The summed E-state index contributed by atoms with van der Waals surface area (Å²) in [6.07, 6.45) is 5.47. The number of rotatable bonds is 6. The summed E-state index contributed by atoms with van der Waals surface area (Å²) in [4.78, 5) is 34.4. The van der Waals surface area contributed by atoms with Crippen molar-refractivity contribution in [1.82, 2.24) is 9.97 Å². The Morgan fingerprint density at radius 3 is 2.62 bits per heavy atom. The first-order valence-corrected chi connectivity index (χ1v) is 12.1. The fourth-order valence-electron chi connectivity index (χ4n) is 5.16. The van der Waals surface area contributed by atoms with Crippen LogP contribution in [0.4, 0.5) is 0 Å². The van der Waals surface area contributed by atoms with Crippen LogP contribution in [0.2, 0.25) is 0 Å². The van der Waals surface area contributed by atoms with Crippen LogP contribution in [0.25, 0.3) is 21.8 Å². The molecular formula is C29H30N2O3. The zero-order valence-electron chi connectivity index (χ0n) is 20.0. The van der Waals surface area contributed by atoms with E-state index in [0.717, 1.165) is 58.7 Å². The number of aromatic amines is 1. The SMILES string of the molecule is CCC(C)(C)[C@@H]1CCc2nc3ccccc3c(C(=O)OCC(=O)c3c[nH]c4ccccc34)c2C1. The van der Waals surface area contributed by atoms with Crippen molar-refractivity contribution in [2.45, 2.75) is 46.5 Å². The van der Waals surface area contributed by atoms with Gasteiger partial charge in [-0.15, -0.1) is 0 Å². The summed E-state index contributed by atoms with van der Waals surface area (Å²) < 4.78 is 5.65. The molecule has 174 valence electrons. The Kier molecular flexibility index (Phi) is 5.72. The average molecular weight is 455 g/mol. The molecule has 2 aromatic heterocycles. The molecule has 1 aliphatic rings. The van der Waals surface area contributed by atoms with Crippen LogP contribution in [0, 0.1) is 11.3 Å². The molecule has 0 unspecified atom stereocenters. The summed E-state index contributed by atoms with van der Waals surface area (Å²) >= 11 is 0. The Labute approximate surface area is 199 Å². The van der Waals surface area contributed by atoms with Gasteiger partial charge >= 0.3 is 5.97 Å². The first kappa shape index (κ1) is 22.3. The predicted molar refractivity (Wildman–Crippen MR) is 134 cm³/mol. The topological polar surface area (TPSA) is 72.0 Å². The molecule has 1 N–H and O–H groups in total. The lowest BCUT2D eigenvalue weighted by molar-refractivity contribution is 0.0474. The molecule has 4 aromatic rings. The first-order valence-electron chi connectivity index (χ1n) is 12.1. The van der Waals surface area contributed by atoms with Gasteiger partial charge in [-0.3, -0.25) is 9.78 Å². The number of carbonyl (C=O) groups is 2. The van der Waals surface area contributed by atoms with E-state index in [9.17, 15) is 9.59 Å². The summed E-state index contributed by atoms with van der Waals surface area (Å²) in [5.74, 6) is -0.201. The average Bonchev–Trinajstić information content (AvgIpc) is 3.29. The molecule has 2 heterocycles. The van der Waals surface area contributed by atoms with Crippen LogP contribution in [0.1, 0.15) is 65.6 Å². The third-order valence-electron chi connectivity index (χ3n) is 7.70. The normalized spacial score (nSPS) is 15.9. The highest BCUT2D eigenvalue weighted by atomic mass is 16.5. The van der Waals surface area contributed by atoms with Gasteiger partial charge in [0.25, 0.3) is 0 Å². The van der Waals surface area contributed by atoms with Crippen molar-refractivity contribution in [1.29, 1.82) is 0 Å². The number of H-pyrrole nitrogens is 1. The summed E-state index contributed by atoms with van der Waals surface area (Å²) in [6, 6.07) is 15.3. The number of aromatic nitrogens is 2. The van der Waals surface area contributed by atoms with E-state index in [4.69, 9.17) is 9.72 Å². The van der Waals surface area contributed by atoms with Gasteiger partial charge in [-0.25, -0.2) is 4.79 Å². The molecule has 5 rings (SSSR count). The van der Waals surface area contributed by atoms with Crippen molar-refractivity contribution >= 4 is 33.6 Å². The van der Waals surface area contributed by atoms with Gasteiger partial charge in [0, 0.05) is 33.7 Å². The molecule has 0 spiro atoms. The Balaban J connectivity index is 1.47. The Bertz CT molecular complexity index is 1400. The number of ketones is 1. The lowest BCUT2D eigenvalue weighted by atomic mass is 9.68. The molecule has 0 aliphatic heterocycles. The molecule has 0 radical (unpaired) electrons. The Hall–Kier alpha value is -3.47. The quantitative estimate of drug-likeness (QED) is 0.274. The number of Topliss-reactive ketones (excluding diaryl/α,β-unsaturated/α-hetero) is 1. The second kappa shape index (κ2) is 8.71. The number of carbonyl (C=O) groups excluding carboxylic acids is 2. The van der Waals surface area contributed by atoms with E-state index in [1.165, 1.54) is 0 Å². The zero-order valence-corrected chi connectivity index (χ0v) is 20.0. The van der Waals surface area contributed by atoms with Crippen molar-refractivity contribution < 1.29 is 14.3 Å². The van der Waals surface area contributed by atoms with Gasteiger partial charge in [-0.2, -0.15) is 0 Å².